The average Bonchev–Trinajstić information content (AvgIpc) is 2.48. The summed E-state index contributed by atoms with van der Waals surface area (Å²) in [4.78, 5) is 22.8. The number of rotatable bonds is 5. The summed E-state index contributed by atoms with van der Waals surface area (Å²) in [6.07, 6.45) is 0. The minimum atomic E-state index is -0.506. The van der Waals surface area contributed by atoms with E-state index in [0.29, 0.717) is 17.0 Å². The summed E-state index contributed by atoms with van der Waals surface area (Å²) < 4.78 is 6.17. The van der Waals surface area contributed by atoms with Gasteiger partial charge in [0, 0.05) is 10.0 Å². The van der Waals surface area contributed by atoms with Crippen molar-refractivity contribution >= 4 is 33.4 Å². The minimum absolute atomic E-state index is 0.129. The smallest absolute Gasteiger partial charge is 0.262 e. The van der Waals surface area contributed by atoms with Crippen LogP contribution in [0, 0.1) is 6.92 Å². The molecular weight excluding hydrogens is 348 g/mol. The number of amides is 2. The van der Waals surface area contributed by atoms with Gasteiger partial charge >= 0.3 is 0 Å². The minimum Gasteiger partial charge on any atom is -0.484 e. The van der Waals surface area contributed by atoms with Gasteiger partial charge in [-0.25, -0.2) is 0 Å². The molecule has 0 radical (unpaired) electrons. The lowest BCUT2D eigenvalue weighted by Crippen LogP contribution is -2.20. The molecule has 6 heteroatoms. The van der Waals surface area contributed by atoms with Crippen LogP contribution in [0.2, 0.25) is 0 Å². The predicted octanol–water partition coefficient (Wildman–Crippen LogP) is 2.87. The fraction of sp³-hybridized carbons (Fsp3) is 0.125. The van der Waals surface area contributed by atoms with E-state index in [4.69, 9.17) is 10.5 Å². The van der Waals surface area contributed by atoms with Gasteiger partial charge in [-0.05, 0) is 64.8 Å². The molecule has 0 spiro atoms. The first kappa shape index (κ1) is 16.0. The van der Waals surface area contributed by atoms with Gasteiger partial charge < -0.3 is 15.8 Å². The lowest BCUT2D eigenvalue weighted by Gasteiger charge is -2.09. The fourth-order valence-electron chi connectivity index (χ4n) is 1.77. The highest BCUT2D eigenvalue weighted by Crippen LogP contribution is 2.23. The molecule has 0 aromatic heterocycles. The number of aryl methyl sites for hydroxylation is 1. The molecule has 2 amide bonds. The van der Waals surface area contributed by atoms with Gasteiger partial charge in [0.05, 0.1) is 5.69 Å². The molecule has 0 aliphatic heterocycles. The second kappa shape index (κ2) is 7.09. The third-order valence-electron chi connectivity index (χ3n) is 2.91. The number of ether oxygens (including phenoxy) is 1. The van der Waals surface area contributed by atoms with Crippen LogP contribution in [0.3, 0.4) is 0 Å². The number of primary amides is 1. The molecule has 0 saturated carbocycles. The molecule has 5 nitrogen and oxygen atoms in total. The Kier molecular flexibility index (Phi) is 5.16. The molecule has 0 aliphatic carbocycles. The molecule has 2 aromatic carbocycles. The number of carbonyl (C=O) groups is 2. The molecular formula is C16H15BrN2O3. The van der Waals surface area contributed by atoms with Crippen LogP contribution in [-0.2, 0) is 4.79 Å². The van der Waals surface area contributed by atoms with Crippen molar-refractivity contribution in [1.29, 1.82) is 0 Å². The van der Waals surface area contributed by atoms with Gasteiger partial charge in [0.2, 0.25) is 5.91 Å². The third-order valence-corrected chi connectivity index (χ3v) is 3.56. The van der Waals surface area contributed by atoms with Crippen molar-refractivity contribution < 1.29 is 14.3 Å². The molecule has 0 fully saturated rings. The summed E-state index contributed by atoms with van der Waals surface area (Å²) in [7, 11) is 0. The molecule has 0 aliphatic rings. The zero-order valence-electron chi connectivity index (χ0n) is 11.9. The van der Waals surface area contributed by atoms with Gasteiger partial charge in [-0.2, -0.15) is 0 Å². The molecule has 22 heavy (non-hydrogen) atoms. The Morgan fingerprint density at radius 1 is 1.18 bits per heavy atom. The van der Waals surface area contributed by atoms with Crippen LogP contribution in [-0.4, -0.2) is 18.4 Å². The number of hydrogen-bond acceptors (Lipinski definition) is 3. The van der Waals surface area contributed by atoms with Crippen molar-refractivity contribution in [2.24, 2.45) is 5.73 Å². The summed E-state index contributed by atoms with van der Waals surface area (Å²) in [5, 5.41) is 2.75. The summed E-state index contributed by atoms with van der Waals surface area (Å²) in [6, 6.07) is 11.9. The Morgan fingerprint density at radius 3 is 2.45 bits per heavy atom. The second-order valence-corrected chi connectivity index (χ2v) is 5.56. The Morgan fingerprint density at radius 2 is 1.86 bits per heavy atom. The van der Waals surface area contributed by atoms with Crippen LogP contribution in [0.15, 0.2) is 46.9 Å². The van der Waals surface area contributed by atoms with Crippen LogP contribution in [0.25, 0.3) is 0 Å². The largest absolute Gasteiger partial charge is 0.484 e. The van der Waals surface area contributed by atoms with E-state index < -0.39 is 5.91 Å². The van der Waals surface area contributed by atoms with Crippen LogP contribution >= 0.6 is 15.9 Å². The second-order valence-electron chi connectivity index (χ2n) is 4.71. The Labute approximate surface area is 136 Å². The number of nitrogens with one attached hydrogen (secondary N) is 1. The lowest BCUT2D eigenvalue weighted by molar-refractivity contribution is -0.118. The van der Waals surface area contributed by atoms with Gasteiger partial charge in [0.1, 0.15) is 5.75 Å². The zero-order valence-corrected chi connectivity index (χ0v) is 13.5. The van der Waals surface area contributed by atoms with E-state index in [1.807, 2.05) is 25.1 Å². The van der Waals surface area contributed by atoms with E-state index in [0.717, 1.165) is 10.0 Å². The van der Waals surface area contributed by atoms with Crippen molar-refractivity contribution in [2.45, 2.75) is 6.92 Å². The van der Waals surface area contributed by atoms with Crippen LogP contribution in [0.5, 0.6) is 5.75 Å². The fourth-order valence-corrected chi connectivity index (χ4v) is 2.36. The number of hydrogen-bond donors (Lipinski definition) is 2. The Hall–Kier alpha value is -2.34. The van der Waals surface area contributed by atoms with E-state index >= 15 is 0 Å². The standard InChI is InChI=1S/C16H15BrN2O3/c1-10-2-7-14(13(17)8-10)19-15(20)9-22-12-5-3-11(4-6-12)16(18)21/h2-8H,9H2,1H3,(H2,18,21)(H,19,20). The van der Waals surface area contributed by atoms with Crippen LogP contribution in [0.1, 0.15) is 15.9 Å². The normalized spacial score (nSPS) is 10.1. The van der Waals surface area contributed by atoms with Crippen molar-refractivity contribution in [3.05, 3.63) is 58.1 Å². The summed E-state index contributed by atoms with van der Waals surface area (Å²) in [6.45, 7) is 1.84. The van der Waals surface area contributed by atoms with E-state index in [9.17, 15) is 9.59 Å². The number of halogens is 1. The van der Waals surface area contributed by atoms with Crippen LogP contribution in [0.4, 0.5) is 5.69 Å². The molecule has 3 N–H and O–H groups in total. The first-order chi connectivity index (χ1) is 10.5. The van der Waals surface area contributed by atoms with Crippen molar-refractivity contribution in [2.75, 3.05) is 11.9 Å². The van der Waals surface area contributed by atoms with E-state index in [1.54, 1.807) is 24.3 Å². The molecule has 0 heterocycles. The maximum absolute atomic E-state index is 11.9. The maximum atomic E-state index is 11.9. The lowest BCUT2D eigenvalue weighted by atomic mass is 10.2. The Balaban J connectivity index is 1.91. The topological polar surface area (TPSA) is 81.4 Å². The summed E-state index contributed by atoms with van der Waals surface area (Å²) in [5.74, 6) is -0.292. The van der Waals surface area contributed by atoms with Gasteiger partial charge in [-0.1, -0.05) is 6.07 Å². The zero-order chi connectivity index (χ0) is 16.1. The first-order valence-electron chi connectivity index (χ1n) is 6.54. The predicted molar refractivity (Wildman–Crippen MR) is 88.0 cm³/mol. The van der Waals surface area contributed by atoms with Gasteiger partial charge in [-0.15, -0.1) is 0 Å². The highest BCUT2D eigenvalue weighted by molar-refractivity contribution is 9.10. The molecule has 0 bridgehead atoms. The highest BCUT2D eigenvalue weighted by Gasteiger charge is 2.07. The third kappa shape index (κ3) is 4.33. The Bertz CT molecular complexity index is 699. The van der Waals surface area contributed by atoms with Crippen molar-refractivity contribution in [3.63, 3.8) is 0 Å². The maximum Gasteiger partial charge on any atom is 0.262 e. The van der Waals surface area contributed by atoms with Crippen molar-refractivity contribution in [1.82, 2.24) is 0 Å². The average molecular weight is 363 g/mol. The molecule has 0 atom stereocenters. The number of carbonyl (C=O) groups excluding carboxylic acids is 2. The highest BCUT2D eigenvalue weighted by atomic mass is 79.9. The number of benzene rings is 2. The monoisotopic (exact) mass is 362 g/mol. The molecule has 2 rings (SSSR count). The van der Waals surface area contributed by atoms with Crippen LogP contribution < -0.4 is 15.8 Å². The molecule has 0 unspecified atom stereocenters. The summed E-state index contributed by atoms with van der Waals surface area (Å²) >= 11 is 3.39. The number of anilines is 1. The van der Waals surface area contributed by atoms with E-state index in [1.165, 1.54) is 0 Å². The molecule has 0 saturated heterocycles. The van der Waals surface area contributed by atoms with Gasteiger partial charge in [-0.3, -0.25) is 9.59 Å². The summed E-state index contributed by atoms with van der Waals surface area (Å²) in [5.41, 5.74) is 7.31. The van der Waals surface area contributed by atoms with Crippen molar-refractivity contribution in [3.8, 4) is 5.75 Å². The molecule has 2 aromatic rings. The first-order valence-corrected chi connectivity index (χ1v) is 7.33. The van der Waals surface area contributed by atoms with Gasteiger partial charge in [0.15, 0.2) is 6.61 Å². The van der Waals surface area contributed by atoms with Gasteiger partial charge in [0.25, 0.3) is 5.91 Å². The SMILES string of the molecule is Cc1ccc(NC(=O)COc2ccc(C(N)=O)cc2)c(Br)c1. The number of nitrogens with two attached hydrogens (primary N) is 1. The molecule has 114 valence electrons. The van der Waals surface area contributed by atoms with E-state index in [-0.39, 0.29) is 12.5 Å². The van der Waals surface area contributed by atoms with E-state index in [2.05, 4.69) is 21.2 Å². The quantitative estimate of drug-likeness (QED) is 0.857.